The van der Waals surface area contributed by atoms with E-state index in [4.69, 9.17) is 0 Å². The van der Waals surface area contributed by atoms with Crippen LogP contribution in [0.2, 0.25) is 0 Å². The highest BCUT2D eigenvalue weighted by atomic mass is 15.3. The lowest BCUT2D eigenvalue weighted by molar-refractivity contribution is 0.376. The molecule has 0 spiro atoms. The van der Waals surface area contributed by atoms with Crippen LogP contribution < -0.4 is 10.2 Å². The van der Waals surface area contributed by atoms with E-state index in [-0.39, 0.29) is 0 Å². The average Bonchev–Trinajstić information content (AvgIpc) is 2.38. The van der Waals surface area contributed by atoms with E-state index >= 15 is 0 Å². The summed E-state index contributed by atoms with van der Waals surface area (Å²) in [5.41, 5.74) is 0.984. The first-order valence-electron chi connectivity index (χ1n) is 6.49. The number of nitrogens with zero attached hydrogens (tertiary/aromatic N) is 3. The van der Waals surface area contributed by atoms with Crippen LogP contribution in [0.1, 0.15) is 25.0 Å². The Bertz CT molecular complexity index is 328. The zero-order valence-corrected chi connectivity index (χ0v) is 10.8. The van der Waals surface area contributed by atoms with Gasteiger partial charge in [-0.1, -0.05) is 0 Å². The highest BCUT2D eigenvalue weighted by Crippen LogP contribution is 2.23. The molecule has 1 fully saturated rings. The van der Waals surface area contributed by atoms with Crippen molar-refractivity contribution in [2.75, 3.05) is 31.6 Å². The fourth-order valence-corrected chi connectivity index (χ4v) is 2.36. The number of rotatable bonds is 4. The molecule has 0 radical (unpaired) electrons. The van der Waals surface area contributed by atoms with Crippen LogP contribution in [0.4, 0.5) is 5.82 Å². The maximum absolute atomic E-state index is 4.25. The summed E-state index contributed by atoms with van der Waals surface area (Å²) in [6, 6.07) is 4.12. The highest BCUT2D eigenvalue weighted by Gasteiger charge is 2.19. The topological polar surface area (TPSA) is 41.0 Å². The Balaban J connectivity index is 1.84. The maximum Gasteiger partial charge on any atom is 0.151 e. The molecule has 94 valence electrons. The molecule has 1 aliphatic rings. The lowest BCUT2D eigenvalue weighted by Crippen LogP contribution is -2.35. The summed E-state index contributed by atoms with van der Waals surface area (Å²) in [7, 11) is 2.02. The Labute approximate surface area is 103 Å². The summed E-state index contributed by atoms with van der Waals surface area (Å²) in [5.74, 6) is 1.90. The Morgan fingerprint density at radius 2 is 2.06 bits per heavy atom. The monoisotopic (exact) mass is 234 g/mol. The van der Waals surface area contributed by atoms with E-state index in [0.717, 1.165) is 37.1 Å². The van der Waals surface area contributed by atoms with Gasteiger partial charge in [0.25, 0.3) is 0 Å². The molecule has 0 bridgehead atoms. The molecule has 0 unspecified atom stereocenters. The molecule has 0 amide bonds. The number of hydrogen-bond donors (Lipinski definition) is 1. The van der Waals surface area contributed by atoms with Crippen LogP contribution in [0, 0.1) is 12.8 Å². The second-order valence-electron chi connectivity index (χ2n) is 4.86. The second-order valence-corrected chi connectivity index (χ2v) is 4.86. The smallest absolute Gasteiger partial charge is 0.151 e. The number of aromatic nitrogens is 2. The van der Waals surface area contributed by atoms with Crippen LogP contribution in [-0.4, -0.2) is 36.9 Å². The van der Waals surface area contributed by atoms with Gasteiger partial charge in [0.15, 0.2) is 5.82 Å². The van der Waals surface area contributed by atoms with Crippen molar-refractivity contribution in [3.8, 4) is 0 Å². The number of aryl methyl sites for hydroxylation is 1. The van der Waals surface area contributed by atoms with E-state index in [2.05, 4.69) is 26.5 Å². The first-order chi connectivity index (χ1) is 8.29. The Kier molecular flexibility index (Phi) is 4.31. The van der Waals surface area contributed by atoms with Gasteiger partial charge in [0.2, 0.25) is 0 Å². The van der Waals surface area contributed by atoms with Gasteiger partial charge in [-0.25, -0.2) is 0 Å². The molecule has 1 saturated heterocycles. The minimum Gasteiger partial charge on any atom is -0.355 e. The number of piperidine rings is 1. The summed E-state index contributed by atoms with van der Waals surface area (Å²) < 4.78 is 0. The molecule has 1 aromatic rings. The SMILES string of the molecule is CNCCC1CCN(c2ccc(C)nn2)CC1. The molecule has 17 heavy (non-hydrogen) atoms. The second kappa shape index (κ2) is 5.96. The first-order valence-corrected chi connectivity index (χ1v) is 6.49. The molecule has 0 saturated carbocycles. The Morgan fingerprint density at radius 3 is 2.65 bits per heavy atom. The minimum atomic E-state index is 0.872. The molecule has 1 aromatic heterocycles. The van der Waals surface area contributed by atoms with Crippen molar-refractivity contribution in [3.05, 3.63) is 17.8 Å². The fraction of sp³-hybridized carbons (Fsp3) is 0.692. The molecular weight excluding hydrogens is 212 g/mol. The summed E-state index contributed by atoms with van der Waals surface area (Å²) in [6.45, 7) is 5.34. The van der Waals surface area contributed by atoms with Crippen LogP contribution in [0.5, 0.6) is 0 Å². The van der Waals surface area contributed by atoms with Crippen molar-refractivity contribution in [1.82, 2.24) is 15.5 Å². The predicted molar refractivity (Wildman–Crippen MR) is 70.2 cm³/mol. The van der Waals surface area contributed by atoms with Crippen molar-refractivity contribution in [1.29, 1.82) is 0 Å². The van der Waals surface area contributed by atoms with Crippen molar-refractivity contribution < 1.29 is 0 Å². The summed E-state index contributed by atoms with van der Waals surface area (Å²) >= 11 is 0. The number of nitrogens with one attached hydrogen (secondary N) is 1. The van der Waals surface area contributed by atoms with Gasteiger partial charge < -0.3 is 10.2 Å². The van der Waals surface area contributed by atoms with Crippen LogP contribution >= 0.6 is 0 Å². The Hall–Kier alpha value is -1.16. The van der Waals surface area contributed by atoms with E-state index in [1.54, 1.807) is 0 Å². The van der Waals surface area contributed by atoms with Gasteiger partial charge >= 0.3 is 0 Å². The van der Waals surface area contributed by atoms with E-state index in [1.165, 1.54) is 19.3 Å². The predicted octanol–water partition coefficient (Wildman–Crippen LogP) is 1.61. The van der Waals surface area contributed by atoms with E-state index in [9.17, 15) is 0 Å². The lowest BCUT2D eigenvalue weighted by Gasteiger charge is -2.32. The largest absolute Gasteiger partial charge is 0.355 e. The molecule has 0 atom stereocenters. The van der Waals surface area contributed by atoms with Gasteiger partial charge in [0, 0.05) is 13.1 Å². The summed E-state index contributed by atoms with van der Waals surface area (Å²) in [4.78, 5) is 2.35. The average molecular weight is 234 g/mol. The van der Waals surface area contributed by atoms with Gasteiger partial charge in [-0.05, 0) is 57.8 Å². The quantitative estimate of drug-likeness (QED) is 0.859. The van der Waals surface area contributed by atoms with Crippen LogP contribution in [0.25, 0.3) is 0 Å². The number of hydrogen-bond acceptors (Lipinski definition) is 4. The zero-order chi connectivity index (χ0) is 12.1. The van der Waals surface area contributed by atoms with Gasteiger partial charge in [-0.2, -0.15) is 5.10 Å². The molecule has 4 heteroatoms. The normalized spacial score (nSPS) is 17.4. The van der Waals surface area contributed by atoms with E-state index in [0.29, 0.717) is 0 Å². The van der Waals surface area contributed by atoms with Crippen molar-refractivity contribution in [2.45, 2.75) is 26.2 Å². The number of anilines is 1. The van der Waals surface area contributed by atoms with Crippen LogP contribution in [0.3, 0.4) is 0 Å². The minimum absolute atomic E-state index is 0.872. The van der Waals surface area contributed by atoms with Gasteiger partial charge in [-0.3, -0.25) is 0 Å². The molecule has 1 N–H and O–H groups in total. The Morgan fingerprint density at radius 1 is 1.29 bits per heavy atom. The van der Waals surface area contributed by atoms with Crippen LogP contribution in [0.15, 0.2) is 12.1 Å². The molecule has 2 heterocycles. The zero-order valence-electron chi connectivity index (χ0n) is 10.8. The summed E-state index contributed by atoms with van der Waals surface area (Å²) in [6.07, 6.45) is 3.85. The molecule has 1 aliphatic heterocycles. The fourth-order valence-electron chi connectivity index (χ4n) is 2.36. The molecular formula is C13H22N4. The first kappa shape index (κ1) is 12.3. The standard InChI is InChI=1S/C13H22N4/c1-11-3-4-13(16-15-11)17-9-6-12(7-10-17)5-8-14-2/h3-4,12,14H,5-10H2,1-2H3. The lowest BCUT2D eigenvalue weighted by atomic mass is 9.93. The van der Waals surface area contributed by atoms with Gasteiger partial charge in [-0.15, -0.1) is 5.10 Å². The third kappa shape index (κ3) is 3.40. The van der Waals surface area contributed by atoms with E-state index < -0.39 is 0 Å². The summed E-state index contributed by atoms with van der Waals surface area (Å²) in [5, 5.41) is 11.6. The maximum atomic E-state index is 4.25. The van der Waals surface area contributed by atoms with Gasteiger partial charge in [0.05, 0.1) is 5.69 Å². The van der Waals surface area contributed by atoms with Crippen LogP contribution in [-0.2, 0) is 0 Å². The molecule has 0 aliphatic carbocycles. The van der Waals surface area contributed by atoms with Crippen molar-refractivity contribution >= 4 is 5.82 Å². The van der Waals surface area contributed by atoms with Gasteiger partial charge in [0.1, 0.15) is 0 Å². The van der Waals surface area contributed by atoms with Crippen molar-refractivity contribution in [3.63, 3.8) is 0 Å². The third-order valence-electron chi connectivity index (χ3n) is 3.52. The third-order valence-corrected chi connectivity index (χ3v) is 3.52. The molecule has 0 aromatic carbocycles. The molecule has 2 rings (SSSR count). The van der Waals surface area contributed by atoms with Crippen molar-refractivity contribution in [2.24, 2.45) is 5.92 Å². The highest BCUT2D eigenvalue weighted by molar-refractivity contribution is 5.37. The molecule has 4 nitrogen and oxygen atoms in total. The van der Waals surface area contributed by atoms with E-state index in [1.807, 2.05) is 20.0 Å².